The molecule has 9 heteroatoms. The first kappa shape index (κ1) is 19.1. The van der Waals surface area contributed by atoms with Crippen LogP contribution < -0.4 is 0 Å². The van der Waals surface area contributed by atoms with Crippen molar-refractivity contribution < 1.29 is 14.3 Å². The number of halogens is 3. The van der Waals surface area contributed by atoms with Gasteiger partial charge in [0.25, 0.3) is 0 Å². The molecule has 2 aromatic rings. The van der Waals surface area contributed by atoms with E-state index in [0.717, 1.165) is 10.4 Å². The molecule has 0 bridgehead atoms. The van der Waals surface area contributed by atoms with E-state index in [0.29, 0.717) is 11.1 Å². The van der Waals surface area contributed by atoms with Crippen LogP contribution in [0.4, 0.5) is 0 Å². The third-order valence-electron chi connectivity index (χ3n) is 3.17. The number of nitrogens with zero attached hydrogens (tertiary/aromatic N) is 2. The molecule has 1 unspecified atom stereocenters. The molecule has 0 N–H and O–H groups in total. The minimum Gasteiger partial charge on any atom is -0.435 e. The Labute approximate surface area is 158 Å². The lowest BCUT2D eigenvalue weighted by atomic mass is 10.1. The van der Waals surface area contributed by atoms with Crippen LogP contribution in [0.15, 0.2) is 23.8 Å². The Morgan fingerprint density at radius 3 is 2.62 bits per heavy atom. The molecule has 0 saturated carbocycles. The largest absolute Gasteiger partial charge is 0.435 e. The fourth-order valence-corrected chi connectivity index (χ4v) is 3.34. The molecular weight excluding hydrogens is 395 g/mol. The quantitative estimate of drug-likeness (QED) is 0.542. The van der Waals surface area contributed by atoms with Crippen molar-refractivity contribution in [1.29, 1.82) is 5.26 Å². The predicted molar refractivity (Wildman–Crippen MR) is 94.5 cm³/mol. The molecule has 0 saturated heterocycles. The lowest BCUT2D eigenvalue weighted by Gasteiger charge is -2.25. The molecule has 2 heterocycles. The van der Waals surface area contributed by atoms with Crippen LogP contribution in [0.5, 0.6) is 0 Å². The van der Waals surface area contributed by atoms with Gasteiger partial charge in [-0.15, -0.1) is 11.3 Å². The maximum absolute atomic E-state index is 11.7. The Morgan fingerprint density at radius 1 is 1.42 bits per heavy atom. The van der Waals surface area contributed by atoms with Crippen molar-refractivity contribution >= 4 is 52.1 Å². The van der Waals surface area contributed by atoms with Gasteiger partial charge in [0.15, 0.2) is 0 Å². The topological polar surface area (TPSA) is 64.2 Å². The van der Waals surface area contributed by atoms with E-state index in [9.17, 15) is 10.1 Å². The van der Waals surface area contributed by atoms with Crippen LogP contribution in [0, 0.1) is 18.3 Å². The Balaban J connectivity index is 2.45. The molecule has 0 amide bonds. The second-order valence-corrected chi connectivity index (χ2v) is 8.34. The number of methoxy groups -OCH3 is 1. The molecular formula is C15H13Cl3N2O3S. The van der Waals surface area contributed by atoms with E-state index in [4.69, 9.17) is 44.3 Å². The van der Waals surface area contributed by atoms with Crippen molar-refractivity contribution in [2.75, 3.05) is 13.7 Å². The van der Waals surface area contributed by atoms with Gasteiger partial charge >= 0.3 is 5.97 Å². The molecule has 0 aromatic carbocycles. The second kappa shape index (κ2) is 7.77. The predicted octanol–water partition coefficient (Wildman–Crippen LogP) is 4.46. The molecule has 2 aromatic heterocycles. The van der Waals surface area contributed by atoms with Crippen molar-refractivity contribution in [3.05, 3.63) is 34.3 Å². The number of esters is 1. The van der Waals surface area contributed by atoms with Crippen LogP contribution in [0.25, 0.3) is 11.1 Å². The molecule has 0 aliphatic rings. The number of thiophene rings is 1. The summed E-state index contributed by atoms with van der Waals surface area (Å²) in [6.07, 6.45) is 1.88. The highest BCUT2D eigenvalue weighted by molar-refractivity contribution is 7.10. The van der Waals surface area contributed by atoms with Crippen molar-refractivity contribution in [3.63, 3.8) is 0 Å². The lowest BCUT2D eigenvalue weighted by Crippen LogP contribution is -2.29. The zero-order valence-electron chi connectivity index (χ0n) is 12.8. The number of aromatic nitrogens is 1. The first-order valence-electron chi connectivity index (χ1n) is 6.69. The summed E-state index contributed by atoms with van der Waals surface area (Å²) in [4.78, 5) is 12.8. The lowest BCUT2D eigenvalue weighted by molar-refractivity contribution is -0.157. The van der Waals surface area contributed by atoms with E-state index in [1.54, 1.807) is 17.5 Å². The summed E-state index contributed by atoms with van der Waals surface area (Å²) in [5, 5.41) is 11.3. The minimum absolute atomic E-state index is 0.278. The molecule has 0 spiro atoms. The molecule has 0 fully saturated rings. The van der Waals surface area contributed by atoms with Crippen molar-refractivity contribution in [2.24, 2.45) is 0 Å². The normalized spacial score (nSPS) is 12.7. The van der Waals surface area contributed by atoms with Gasteiger partial charge in [0.2, 0.25) is 10.0 Å². The summed E-state index contributed by atoms with van der Waals surface area (Å²) in [6.45, 7) is 1.67. The van der Waals surface area contributed by atoms with Gasteiger partial charge in [-0.1, -0.05) is 34.8 Å². The summed E-state index contributed by atoms with van der Waals surface area (Å²) < 4.78 is 9.40. The molecule has 1 atom stereocenters. The number of hydrogen-bond acceptors (Lipinski definition) is 5. The first-order chi connectivity index (χ1) is 11.3. The third kappa shape index (κ3) is 4.24. The van der Waals surface area contributed by atoms with Gasteiger partial charge in [-0.05, 0) is 23.9 Å². The molecule has 128 valence electrons. The summed E-state index contributed by atoms with van der Waals surface area (Å²) in [7, 11) is 1.35. The first-order valence-corrected chi connectivity index (χ1v) is 8.70. The number of carbonyl (C=O) groups excluding carboxylic acids is 1. The van der Waals surface area contributed by atoms with E-state index in [2.05, 4.69) is 6.07 Å². The van der Waals surface area contributed by atoms with E-state index >= 15 is 0 Å². The Kier molecular flexibility index (Phi) is 6.18. The van der Waals surface area contributed by atoms with E-state index < -0.39 is 16.0 Å². The van der Waals surface area contributed by atoms with Crippen LogP contribution >= 0.6 is 46.1 Å². The summed E-state index contributed by atoms with van der Waals surface area (Å²) in [5.74, 6) is -0.686. The minimum atomic E-state index is -1.92. The maximum atomic E-state index is 11.7. The number of rotatable bonds is 5. The highest BCUT2D eigenvalue weighted by atomic mass is 35.6. The summed E-state index contributed by atoms with van der Waals surface area (Å²) in [6, 6.07) is 4.01. The van der Waals surface area contributed by atoms with Gasteiger partial charge in [0.05, 0.1) is 5.56 Å². The molecule has 5 nitrogen and oxygen atoms in total. The van der Waals surface area contributed by atoms with Crippen LogP contribution in [-0.2, 0) is 14.3 Å². The van der Waals surface area contributed by atoms with Gasteiger partial charge in [-0.3, -0.25) is 0 Å². The number of hydrogen-bond donors (Lipinski definition) is 0. The highest BCUT2D eigenvalue weighted by Gasteiger charge is 2.38. The Bertz CT molecular complexity index is 774. The Hall–Kier alpha value is -1.23. The number of aryl methyl sites for hydroxylation is 1. The summed E-state index contributed by atoms with van der Waals surface area (Å²) in [5.41, 5.74) is 1.97. The van der Waals surface area contributed by atoms with Crippen molar-refractivity contribution in [1.82, 2.24) is 4.57 Å². The smallest absolute Gasteiger partial charge is 0.334 e. The second-order valence-electron chi connectivity index (χ2n) is 4.85. The number of nitriles is 1. The average Bonchev–Trinajstić information content (AvgIpc) is 3.09. The number of ether oxygens (including phenoxy) is 2. The molecule has 24 heavy (non-hydrogen) atoms. The molecule has 0 aliphatic carbocycles. The van der Waals surface area contributed by atoms with Gasteiger partial charge in [-0.2, -0.15) is 5.26 Å². The highest BCUT2D eigenvalue weighted by Crippen LogP contribution is 2.41. The monoisotopic (exact) mass is 406 g/mol. The van der Waals surface area contributed by atoms with Gasteiger partial charge < -0.3 is 14.0 Å². The fourth-order valence-electron chi connectivity index (χ4n) is 2.15. The van der Waals surface area contributed by atoms with Gasteiger partial charge in [-0.25, -0.2) is 4.79 Å². The molecule has 2 rings (SSSR count). The number of alkyl halides is 3. The van der Waals surface area contributed by atoms with E-state index in [1.807, 2.05) is 18.4 Å². The zero-order valence-corrected chi connectivity index (χ0v) is 15.8. The Morgan fingerprint density at radius 2 is 2.12 bits per heavy atom. The SMILES string of the molecule is COCC(=O)OC(n1cc(C#N)c(-c2ccsc2C)c1)C(Cl)(Cl)Cl. The molecule has 0 aliphatic heterocycles. The van der Waals surface area contributed by atoms with Crippen LogP contribution in [0.1, 0.15) is 16.7 Å². The number of carbonyl (C=O) groups is 1. The van der Waals surface area contributed by atoms with Crippen molar-refractivity contribution in [2.45, 2.75) is 16.9 Å². The summed E-state index contributed by atoms with van der Waals surface area (Å²) >= 11 is 19.4. The van der Waals surface area contributed by atoms with Crippen molar-refractivity contribution in [3.8, 4) is 17.2 Å². The maximum Gasteiger partial charge on any atom is 0.334 e. The van der Waals surface area contributed by atoms with E-state index in [-0.39, 0.29) is 6.61 Å². The van der Waals surface area contributed by atoms with Crippen LogP contribution in [0.2, 0.25) is 0 Å². The standard InChI is InChI=1S/C15H13Cl3N2O3S/c1-9-11(3-4-24-9)12-7-20(6-10(12)5-19)14(15(16,17)18)23-13(21)8-22-2/h3-4,6-7,14H,8H2,1-2H3. The zero-order chi connectivity index (χ0) is 17.9. The van der Waals surface area contributed by atoms with Crippen LogP contribution in [0.3, 0.4) is 0 Å². The van der Waals surface area contributed by atoms with Crippen LogP contribution in [-0.4, -0.2) is 28.0 Å². The fraction of sp³-hybridized carbons (Fsp3) is 0.333. The van der Waals surface area contributed by atoms with Gasteiger partial charge in [0.1, 0.15) is 12.7 Å². The van der Waals surface area contributed by atoms with E-state index in [1.165, 1.54) is 17.9 Å². The average molecular weight is 408 g/mol. The van der Waals surface area contributed by atoms with Gasteiger partial charge in [0, 0.05) is 29.9 Å². The molecule has 0 radical (unpaired) electrons. The third-order valence-corrected chi connectivity index (χ3v) is 4.58.